The lowest BCUT2D eigenvalue weighted by molar-refractivity contribution is -0.149. The van der Waals surface area contributed by atoms with Crippen molar-refractivity contribution < 1.29 is 14.3 Å². The Hall–Kier alpha value is -1.39. The van der Waals surface area contributed by atoms with Gasteiger partial charge in [-0.25, -0.2) is 4.79 Å². The molecule has 1 N–H and O–H groups in total. The third-order valence-electron chi connectivity index (χ3n) is 2.34. The highest BCUT2D eigenvalue weighted by molar-refractivity contribution is 5.70. The summed E-state index contributed by atoms with van der Waals surface area (Å²) < 4.78 is 10.3. The number of esters is 1. The molecule has 0 amide bonds. The molecule has 0 radical (unpaired) electrons. The minimum Gasteiger partial charge on any atom is -0.464 e. The molecule has 0 aliphatic heterocycles. The predicted octanol–water partition coefficient (Wildman–Crippen LogP) is 1.75. The molecule has 0 spiro atoms. The smallest absolute Gasteiger partial charge is 0.332 e. The summed E-state index contributed by atoms with van der Waals surface area (Å²) in [4.78, 5) is 11.3. The van der Waals surface area contributed by atoms with Crippen LogP contribution in [0.25, 0.3) is 0 Å². The summed E-state index contributed by atoms with van der Waals surface area (Å²) in [5.74, 6) is -0.303. The second-order valence-electron chi connectivity index (χ2n) is 3.91. The molecule has 1 aromatic carbocycles. The van der Waals surface area contributed by atoms with Crippen molar-refractivity contribution in [3.63, 3.8) is 0 Å². The predicted molar refractivity (Wildman–Crippen MR) is 70.2 cm³/mol. The summed E-state index contributed by atoms with van der Waals surface area (Å²) in [5.41, 5.74) is 1.05. The zero-order chi connectivity index (χ0) is 13.1. The number of rotatable bonds is 9. The fourth-order valence-electron chi connectivity index (χ4n) is 1.43. The normalized spacial score (nSPS) is 10.3. The highest BCUT2D eigenvalue weighted by Crippen LogP contribution is 2.00. The summed E-state index contributed by atoms with van der Waals surface area (Å²) in [6, 6.07) is 9.75. The van der Waals surface area contributed by atoms with E-state index in [1.165, 1.54) is 0 Å². The van der Waals surface area contributed by atoms with E-state index in [4.69, 9.17) is 9.47 Å². The van der Waals surface area contributed by atoms with Gasteiger partial charge in [-0.3, -0.25) is 0 Å². The zero-order valence-corrected chi connectivity index (χ0v) is 10.9. The van der Waals surface area contributed by atoms with Crippen LogP contribution in [0, 0.1) is 0 Å². The van der Waals surface area contributed by atoms with Gasteiger partial charge in [-0.1, -0.05) is 37.3 Å². The number of ether oxygens (including phenoxy) is 2. The maximum absolute atomic E-state index is 11.3. The number of carbonyl (C=O) groups excluding carboxylic acids is 1. The van der Waals surface area contributed by atoms with E-state index < -0.39 is 0 Å². The van der Waals surface area contributed by atoms with E-state index in [1.807, 2.05) is 37.3 Å². The quantitative estimate of drug-likeness (QED) is 0.536. The first kappa shape index (κ1) is 14.7. The van der Waals surface area contributed by atoms with Crippen molar-refractivity contribution in [1.82, 2.24) is 5.32 Å². The molecule has 0 aliphatic carbocycles. The van der Waals surface area contributed by atoms with Gasteiger partial charge in [-0.15, -0.1) is 0 Å². The van der Waals surface area contributed by atoms with Crippen LogP contribution in [-0.2, 0) is 20.9 Å². The topological polar surface area (TPSA) is 47.6 Å². The average molecular weight is 251 g/mol. The van der Waals surface area contributed by atoms with E-state index in [1.54, 1.807) is 0 Å². The van der Waals surface area contributed by atoms with Crippen molar-refractivity contribution in [2.24, 2.45) is 0 Å². The Morgan fingerprint density at radius 3 is 2.78 bits per heavy atom. The molecule has 4 nitrogen and oxygen atoms in total. The summed E-state index contributed by atoms with van der Waals surface area (Å²) in [6.45, 7) is 4.75. The Labute approximate surface area is 108 Å². The van der Waals surface area contributed by atoms with E-state index in [-0.39, 0.29) is 12.6 Å². The number of hydrogen-bond acceptors (Lipinski definition) is 4. The molecule has 0 aromatic heterocycles. The zero-order valence-electron chi connectivity index (χ0n) is 10.9. The van der Waals surface area contributed by atoms with Crippen LogP contribution in [-0.4, -0.2) is 32.3 Å². The van der Waals surface area contributed by atoms with Gasteiger partial charge < -0.3 is 14.8 Å². The van der Waals surface area contributed by atoms with Crippen LogP contribution in [0.15, 0.2) is 30.3 Å². The standard InChI is InChI=1S/C14H21NO3/c1-2-15-9-6-10-18-14(16)12-17-11-13-7-4-3-5-8-13/h3-5,7-8,15H,2,6,9-12H2,1H3. The lowest BCUT2D eigenvalue weighted by atomic mass is 10.2. The minimum atomic E-state index is -0.303. The van der Waals surface area contributed by atoms with Gasteiger partial charge in [0.1, 0.15) is 6.61 Å². The van der Waals surface area contributed by atoms with Gasteiger partial charge in [-0.05, 0) is 25.1 Å². The Bertz CT molecular complexity index is 327. The SMILES string of the molecule is CCNCCCOC(=O)COCc1ccccc1. The van der Waals surface area contributed by atoms with E-state index in [2.05, 4.69) is 5.32 Å². The molecule has 0 atom stereocenters. The molecular formula is C14H21NO3. The second kappa shape index (κ2) is 9.62. The van der Waals surface area contributed by atoms with Crippen LogP contribution in [0.2, 0.25) is 0 Å². The molecule has 0 heterocycles. The van der Waals surface area contributed by atoms with Gasteiger partial charge in [0.2, 0.25) is 0 Å². The van der Waals surface area contributed by atoms with Gasteiger partial charge in [0, 0.05) is 0 Å². The van der Waals surface area contributed by atoms with E-state index in [0.717, 1.165) is 25.1 Å². The summed E-state index contributed by atoms with van der Waals surface area (Å²) in [5, 5.41) is 3.16. The fourth-order valence-corrected chi connectivity index (χ4v) is 1.43. The molecular weight excluding hydrogens is 230 g/mol. The summed E-state index contributed by atoms with van der Waals surface area (Å²) in [6.07, 6.45) is 0.832. The van der Waals surface area contributed by atoms with Crippen LogP contribution in [0.1, 0.15) is 18.9 Å². The van der Waals surface area contributed by atoms with Gasteiger partial charge in [0.25, 0.3) is 0 Å². The van der Waals surface area contributed by atoms with Crippen molar-refractivity contribution in [2.75, 3.05) is 26.3 Å². The highest BCUT2D eigenvalue weighted by Gasteiger charge is 2.02. The van der Waals surface area contributed by atoms with Gasteiger partial charge in [-0.2, -0.15) is 0 Å². The van der Waals surface area contributed by atoms with Crippen LogP contribution < -0.4 is 5.32 Å². The number of nitrogens with one attached hydrogen (secondary N) is 1. The monoisotopic (exact) mass is 251 g/mol. The Balaban J connectivity index is 2.00. The summed E-state index contributed by atoms with van der Waals surface area (Å²) >= 11 is 0. The van der Waals surface area contributed by atoms with E-state index in [9.17, 15) is 4.79 Å². The molecule has 0 fully saturated rings. The second-order valence-corrected chi connectivity index (χ2v) is 3.91. The third-order valence-corrected chi connectivity index (χ3v) is 2.34. The first-order valence-corrected chi connectivity index (χ1v) is 6.31. The first-order valence-electron chi connectivity index (χ1n) is 6.31. The van der Waals surface area contributed by atoms with Gasteiger partial charge in [0.05, 0.1) is 13.2 Å². The van der Waals surface area contributed by atoms with Crippen molar-refractivity contribution in [3.05, 3.63) is 35.9 Å². The molecule has 0 unspecified atom stereocenters. The average Bonchev–Trinajstić information content (AvgIpc) is 2.40. The first-order chi connectivity index (χ1) is 8.83. The Morgan fingerprint density at radius 2 is 2.06 bits per heavy atom. The maximum Gasteiger partial charge on any atom is 0.332 e. The van der Waals surface area contributed by atoms with Crippen molar-refractivity contribution in [2.45, 2.75) is 20.0 Å². The minimum absolute atomic E-state index is 0.0100. The van der Waals surface area contributed by atoms with Crippen LogP contribution >= 0.6 is 0 Å². The maximum atomic E-state index is 11.3. The highest BCUT2D eigenvalue weighted by atomic mass is 16.6. The van der Waals surface area contributed by atoms with Crippen LogP contribution in [0.4, 0.5) is 0 Å². The van der Waals surface area contributed by atoms with E-state index >= 15 is 0 Å². The number of benzene rings is 1. The number of hydrogen-bond donors (Lipinski definition) is 1. The molecule has 0 saturated heterocycles. The van der Waals surface area contributed by atoms with Crippen molar-refractivity contribution in [3.8, 4) is 0 Å². The van der Waals surface area contributed by atoms with Crippen LogP contribution in [0.5, 0.6) is 0 Å². The third kappa shape index (κ3) is 7.04. The molecule has 1 aromatic rings. The molecule has 0 saturated carbocycles. The fraction of sp³-hybridized carbons (Fsp3) is 0.500. The molecule has 1 rings (SSSR count). The van der Waals surface area contributed by atoms with E-state index in [0.29, 0.717) is 13.2 Å². The Kier molecular flexibility index (Phi) is 7.84. The number of carbonyl (C=O) groups is 1. The van der Waals surface area contributed by atoms with Gasteiger partial charge in [0.15, 0.2) is 0 Å². The molecule has 18 heavy (non-hydrogen) atoms. The van der Waals surface area contributed by atoms with Crippen LogP contribution in [0.3, 0.4) is 0 Å². The lowest BCUT2D eigenvalue weighted by Gasteiger charge is -2.06. The Morgan fingerprint density at radius 1 is 1.28 bits per heavy atom. The largest absolute Gasteiger partial charge is 0.464 e. The van der Waals surface area contributed by atoms with Crippen molar-refractivity contribution in [1.29, 1.82) is 0 Å². The molecule has 0 aliphatic rings. The summed E-state index contributed by atoms with van der Waals surface area (Å²) in [7, 11) is 0. The molecule has 0 bridgehead atoms. The molecule has 4 heteroatoms. The molecule has 100 valence electrons. The lowest BCUT2D eigenvalue weighted by Crippen LogP contribution is -2.18. The van der Waals surface area contributed by atoms with Gasteiger partial charge >= 0.3 is 5.97 Å². The van der Waals surface area contributed by atoms with Crippen molar-refractivity contribution >= 4 is 5.97 Å².